The van der Waals surface area contributed by atoms with Crippen molar-refractivity contribution in [3.8, 4) is 0 Å². The maximum atomic E-state index is 2.65. The molecule has 0 fully saturated rings. The second-order valence-electron chi connectivity index (χ2n) is 23.7. The molecule has 2 aliphatic rings. The third kappa shape index (κ3) is 8.43. The third-order valence-electron chi connectivity index (χ3n) is 17.9. The van der Waals surface area contributed by atoms with Crippen molar-refractivity contribution in [3.63, 3.8) is 0 Å². The van der Waals surface area contributed by atoms with E-state index >= 15 is 0 Å². The third-order valence-corrected chi connectivity index (χ3v) is 37.8. The summed E-state index contributed by atoms with van der Waals surface area (Å²) in [6.45, 7) is 33.5. The van der Waals surface area contributed by atoms with Crippen LogP contribution in [0.3, 0.4) is 0 Å². The molecule has 0 heterocycles. The van der Waals surface area contributed by atoms with Crippen LogP contribution in [0.4, 0.5) is 0 Å². The Hall–Kier alpha value is -3.86. The molecule has 0 amide bonds. The predicted octanol–water partition coefficient (Wildman–Crippen LogP) is 15.5. The van der Waals surface area contributed by atoms with Gasteiger partial charge >= 0.3 is 439 Å². The van der Waals surface area contributed by atoms with Gasteiger partial charge < -0.3 is 0 Å². The van der Waals surface area contributed by atoms with Crippen LogP contribution in [0.15, 0.2) is 187 Å². The van der Waals surface area contributed by atoms with E-state index in [4.69, 9.17) is 0 Å². The SMILES string of the molecule is CC1=C(C)C(C)([Si](c2ccccc2)(c2ccc(C)cc2)c2ccc(C)cc2)[C]([Ti]([CH3])([CH3])[CH3])=C1C.CC1=C(C)C(C)([Si](c2ccccc2)(c2cccc(C)c2C)c2cccc(C)c2C)[C]([Ti]([CH3])([CH3])[CH3])=C1C. The molecule has 6 aromatic rings. The molecule has 0 saturated heterocycles. The van der Waals surface area contributed by atoms with Crippen molar-refractivity contribution in [1.82, 2.24) is 0 Å². The summed E-state index contributed by atoms with van der Waals surface area (Å²) in [5, 5.41) is 24.8. The van der Waals surface area contributed by atoms with E-state index in [1.54, 1.807) is 40.4 Å². The zero-order chi connectivity index (χ0) is 51.5. The summed E-state index contributed by atoms with van der Waals surface area (Å²) < 4.78 is 3.59. The van der Waals surface area contributed by atoms with Crippen molar-refractivity contribution < 1.29 is 33.2 Å². The van der Waals surface area contributed by atoms with Crippen LogP contribution in [0, 0.1) is 41.5 Å². The average Bonchev–Trinajstić information content (AvgIpc) is 3.61. The van der Waals surface area contributed by atoms with Crippen LogP contribution in [-0.2, 0) is 33.2 Å². The number of hydrogen-bond donors (Lipinski definition) is 0. The van der Waals surface area contributed by atoms with Gasteiger partial charge in [0.25, 0.3) is 0 Å². The van der Waals surface area contributed by atoms with Gasteiger partial charge in [-0.05, 0) is 0 Å². The van der Waals surface area contributed by atoms with Crippen molar-refractivity contribution in [2.75, 3.05) is 0 Å². The molecular weight excluding hydrogens is 945 g/mol. The van der Waals surface area contributed by atoms with E-state index in [1.807, 2.05) is 0 Å². The van der Waals surface area contributed by atoms with Crippen LogP contribution in [-0.4, -0.2) is 16.1 Å². The standard InChI is InChI=1S/C31H35Si.C29H31Si.6CH3.2Ti/c1-21-14-12-18-29(25(21)5)32(28-16-10-9-11-17-28,30-19-13-15-22(2)26(30)6)31(8)20-23(3)24(4)27(31)7;1-21-12-16-27(17-13-21)30(26-10-8-7-9-11-26,28-18-14-22(2)15-19-28)29(6)20-23(3)24(4)25(29)5;;;;;;;;/h9-19H,1-8H3;7-19H,1-6H3;6*1H3;;. The van der Waals surface area contributed by atoms with Crippen LogP contribution < -0.4 is 31.1 Å². The zero-order valence-corrected chi connectivity index (χ0v) is 52.0. The Labute approximate surface area is 435 Å². The fourth-order valence-electron chi connectivity index (χ4n) is 14.3. The first-order valence-corrected chi connectivity index (χ1v) is 40.9. The molecule has 0 bridgehead atoms. The molecule has 0 saturated carbocycles. The molecule has 0 aliphatic heterocycles. The topological polar surface area (TPSA) is 0 Å². The van der Waals surface area contributed by atoms with E-state index in [1.165, 1.54) is 65.3 Å². The number of allylic oxidation sites excluding steroid dienone is 8. The quantitative estimate of drug-likeness (QED) is 0.0948. The first-order chi connectivity index (χ1) is 32.8. The monoisotopic (exact) mass is 1030 g/mol. The summed E-state index contributed by atoms with van der Waals surface area (Å²) in [5.74, 6) is 0. The van der Waals surface area contributed by atoms with Crippen molar-refractivity contribution in [2.45, 2.75) is 138 Å². The van der Waals surface area contributed by atoms with Crippen molar-refractivity contribution in [3.05, 3.63) is 220 Å². The summed E-state index contributed by atoms with van der Waals surface area (Å²) in [7, 11) is -5.20. The molecule has 2 aliphatic carbocycles. The number of rotatable bonds is 10. The van der Waals surface area contributed by atoms with Crippen LogP contribution >= 0.6 is 0 Å². The molecule has 0 radical (unpaired) electrons. The zero-order valence-electron chi connectivity index (χ0n) is 46.9. The predicted molar refractivity (Wildman–Crippen MR) is 310 cm³/mol. The van der Waals surface area contributed by atoms with Crippen LogP contribution in [0.25, 0.3) is 0 Å². The van der Waals surface area contributed by atoms with Crippen LogP contribution in [0.5, 0.6) is 0 Å². The van der Waals surface area contributed by atoms with Crippen LogP contribution in [0.2, 0.25) is 41.4 Å². The van der Waals surface area contributed by atoms with Crippen molar-refractivity contribution >= 4 is 47.3 Å². The Morgan fingerprint density at radius 3 is 0.943 bits per heavy atom. The molecular formula is C66H84Si2Ti2. The molecule has 2 unspecified atom stereocenters. The van der Waals surface area contributed by atoms with Gasteiger partial charge in [0.15, 0.2) is 0 Å². The normalized spacial score (nSPS) is 19.0. The molecule has 0 nitrogen and oxygen atoms in total. The Bertz CT molecular complexity index is 2960. The summed E-state index contributed by atoms with van der Waals surface area (Å²) in [5.41, 5.74) is 17.7. The van der Waals surface area contributed by atoms with Gasteiger partial charge in [-0.2, -0.15) is 0 Å². The molecule has 364 valence electrons. The van der Waals surface area contributed by atoms with E-state index in [2.05, 4.69) is 274 Å². The fraction of sp³-hybridized carbons (Fsp3) is 0.333. The number of aryl methyl sites for hydroxylation is 4. The van der Waals surface area contributed by atoms with Gasteiger partial charge in [-0.15, -0.1) is 0 Å². The van der Waals surface area contributed by atoms with E-state index < -0.39 is 49.3 Å². The van der Waals surface area contributed by atoms with Crippen molar-refractivity contribution in [1.29, 1.82) is 0 Å². The minimum absolute atomic E-state index is 0.00864. The Kier molecular flexibility index (Phi) is 15.3. The van der Waals surface area contributed by atoms with E-state index in [0.29, 0.717) is 0 Å². The first-order valence-electron chi connectivity index (χ1n) is 26.0. The Balaban J connectivity index is 0.000000207. The Morgan fingerprint density at radius 2 is 0.614 bits per heavy atom. The second kappa shape index (κ2) is 19.9. The van der Waals surface area contributed by atoms with Gasteiger partial charge in [-0.1, -0.05) is 0 Å². The van der Waals surface area contributed by atoms with E-state index in [0.717, 1.165) is 0 Å². The average molecular weight is 1030 g/mol. The first kappa shape index (κ1) is 53.9. The fourth-order valence-corrected chi connectivity index (χ4v) is 41.4. The summed E-state index contributed by atoms with van der Waals surface area (Å²) in [6, 6.07) is 56.4. The van der Waals surface area contributed by atoms with Gasteiger partial charge in [0.05, 0.1) is 0 Å². The molecule has 0 aromatic heterocycles. The van der Waals surface area contributed by atoms with Crippen molar-refractivity contribution in [2.24, 2.45) is 0 Å². The summed E-state index contributed by atoms with van der Waals surface area (Å²) in [6.07, 6.45) is 0. The Morgan fingerprint density at radius 1 is 0.314 bits per heavy atom. The molecule has 70 heavy (non-hydrogen) atoms. The van der Waals surface area contributed by atoms with Gasteiger partial charge in [0, 0.05) is 0 Å². The van der Waals surface area contributed by atoms with Gasteiger partial charge in [-0.25, -0.2) is 0 Å². The maximum absolute atomic E-state index is 2.66. The van der Waals surface area contributed by atoms with E-state index in [9.17, 15) is 0 Å². The second-order valence-corrected chi connectivity index (χ2v) is 47.7. The summed E-state index contributed by atoms with van der Waals surface area (Å²) >= 11 is -4.58. The number of hydrogen-bond acceptors (Lipinski definition) is 0. The van der Waals surface area contributed by atoms with Gasteiger partial charge in [-0.3, -0.25) is 0 Å². The summed E-state index contributed by atoms with van der Waals surface area (Å²) in [4.78, 5) is 0. The molecule has 8 rings (SSSR count). The molecule has 0 spiro atoms. The van der Waals surface area contributed by atoms with Crippen LogP contribution in [0.1, 0.15) is 88.8 Å². The molecule has 6 aromatic carbocycles. The molecule has 2 atom stereocenters. The minimum atomic E-state index is -2.66. The van der Waals surface area contributed by atoms with E-state index in [-0.39, 0.29) is 10.1 Å². The molecule has 0 N–H and O–H groups in total. The number of benzene rings is 6. The van der Waals surface area contributed by atoms with Gasteiger partial charge in [0.1, 0.15) is 0 Å². The van der Waals surface area contributed by atoms with Gasteiger partial charge in [0.2, 0.25) is 0 Å². The molecule has 4 heteroatoms.